The number of rotatable bonds is 38. The molecule has 9 nitrogen and oxygen atoms in total. The van der Waals surface area contributed by atoms with Crippen LogP contribution in [0.2, 0.25) is 0 Å². The van der Waals surface area contributed by atoms with Crippen LogP contribution in [0.5, 0.6) is 0 Å². The standard InChI is InChI=1S/C43H79NO8/c1-6-8-10-12-14-16-18-19-20-21-22-23-24-26-28-30-32-34-41(46)52-39(38-51-43(42(47)48)49-36-35-44(3,4)5)37-50-40(45)33-31-29-27-25-17-15-13-11-9-7-2/h14,16,19-20,39,43H,6-13,15,17-18,21-38H2,1-5H3/b16-14-,20-19-. The van der Waals surface area contributed by atoms with Gasteiger partial charge in [-0.25, -0.2) is 0 Å². The Kier molecular flexibility index (Phi) is 34.2. The molecule has 0 aliphatic carbocycles. The second-order valence-corrected chi connectivity index (χ2v) is 15.3. The lowest BCUT2D eigenvalue weighted by Crippen LogP contribution is -2.44. The molecule has 0 aliphatic heterocycles. The molecule has 0 saturated carbocycles. The first-order chi connectivity index (χ1) is 25.1. The maximum atomic E-state index is 12.7. The van der Waals surface area contributed by atoms with Crippen LogP contribution in [0, 0.1) is 0 Å². The molecule has 0 heterocycles. The van der Waals surface area contributed by atoms with Gasteiger partial charge in [0.05, 0.1) is 40.3 Å². The molecule has 0 amide bonds. The lowest BCUT2D eigenvalue weighted by atomic mass is 10.1. The third-order valence-corrected chi connectivity index (χ3v) is 8.95. The van der Waals surface area contributed by atoms with E-state index in [1.807, 2.05) is 21.1 Å². The fourth-order valence-corrected chi connectivity index (χ4v) is 5.62. The van der Waals surface area contributed by atoms with E-state index in [0.717, 1.165) is 51.4 Å². The molecule has 0 aromatic carbocycles. The van der Waals surface area contributed by atoms with Gasteiger partial charge in [0.1, 0.15) is 13.2 Å². The topological polar surface area (TPSA) is 111 Å². The van der Waals surface area contributed by atoms with Crippen molar-refractivity contribution in [3.05, 3.63) is 24.3 Å². The Morgan fingerprint density at radius 3 is 1.56 bits per heavy atom. The van der Waals surface area contributed by atoms with Crippen LogP contribution < -0.4 is 5.11 Å². The molecule has 0 N–H and O–H groups in total. The van der Waals surface area contributed by atoms with E-state index in [0.29, 0.717) is 23.9 Å². The largest absolute Gasteiger partial charge is 0.545 e. The minimum absolute atomic E-state index is 0.147. The number of carbonyl (C=O) groups is 3. The average molecular weight is 738 g/mol. The number of aliphatic carboxylic acids is 1. The van der Waals surface area contributed by atoms with E-state index in [9.17, 15) is 19.5 Å². The van der Waals surface area contributed by atoms with Gasteiger partial charge in [0.25, 0.3) is 0 Å². The van der Waals surface area contributed by atoms with Crippen molar-refractivity contribution >= 4 is 17.9 Å². The number of hydrogen-bond donors (Lipinski definition) is 0. The van der Waals surface area contributed by atoms with Gasteiger partial charge in [-0.1, -0.05) is 141 Å². The Morgan fingerprint density at radius 2 is 1.04 bits per heavy atom. The predicted molar refractivity (Wildman–Crippen MR) is 209 cm³/mol. The van der Waals surface area contributed by atoms with Crippen molar-refractivity contribution in [1.29, 1.82) is 0 Å². The van der Waals surface area contributed by atoms with Crippen LogP contribution in [0.25, 0.3) is 0 Å². The normalized spacial score (nSPS) is 13.2. The lowest BCUT2D eigenvalue weighted by molar-refractivity contribution is -0.870. The van der Waals surface area contributed by atoms with E-state index in [2.05, 4.69) is 38.2 Å². The van der Waals surface area contributed by atoms with Gasteiger partial charge in [0, 0.05) is 12.8 Å². The molecule has 0 aliphatic rings. The smallest absolute Gasteiger partial charge is 0.306 e. The van der Waals surface area contributed by atoms with Crippen molar-refractivity contribution < 1.29 is 42.9 Å². The molecule has 2 atom stereocenters. The van der Waals surface area contributed by atoms with Crippen molar-refractivity contribution in [3.8, 4) is 0 Å². The zero-order chi connectivity index (χ0) is 38.5. The first kappa shape index (κ1) is 49.8. The van der Waals surface area contributed by atoms with E-state index in [1.165, 1.54) is 89.9 Å². The molecule has 0 saturated heterocycles. The summed E-state index contributed by atoms with van der Waals surface area (Å²) in [7, 11) is 5.90. The summed E-state index contributed by atoms with van der Waals surface area (Å²) in [6.45, 7) is 4.68. The minimum atomic E-state index is -1.62. The maximum Gasteiger partial charge on any atom is 0.306 e. The zero-order valence-electron chi connectivity index (χ0n) is 34.2. The molecule has 0 radical (unpaired) electrons. The number of quaternary nitrogens is 1. The van der Waals surface area contributed by atoms with Gasteiger partial charge in [-0.15, -0.1) is 0 Å². The summed E-state index contributed by atoms with van der Waals surface area (Å²) in [6, 6.07) is 0. The SMILES string of the molecule is CCCCC/C=C\C/C=C\CCCCCCCCCC(=O)OC(COC(=O)CCCCCCCCCCCC)COC(OCC[N+](C)(C)C)C(=O)[O-]. The van der Waals surface area contributed by atoms with Crippen molar-refractivity contribution in [2.45, 2.75) is 187 Å². The Balaban J connectivity index is 4.47. The number of carboxylic acids is 1. The third kappa shape index (κ3) is 36.1. The monoisotopic (exact) mass is 738 g/mol. The summed E-state index contributed by atoms with van der Waals surface area (Å²) >= 11 is 0. The molecule has 304 valence electrons. The van der Waals surface area contributed by atoms with Gasteiger partial charge >= 0.3 is 11.9 Å². The van der Waals surface area contributed by atoms with Crippen LogP contribution in [0.3, 0.4) is 0 Å². The quantitative estimate of drug-likeness (QED) is 0.0203. The van der Waals surface area contributed by atoms with Crippen LogP contribution in [0.4, 0.5) is 0 Å². The molecule has 0 aromatic rings. The third-order valence-electron chi connectivity index (χ3n) is 8.95. The van der Waals surface area contributed by atoms with Gasteiger partial charge in [-0.2, -0.15) is 0 Å². The number of esters is 2. The Labute approximate surface area is 318 Å². The average Bonchev–Trinajstić information content (AvgIpc) is 3.09. The van der Waals surface area contributed by atoms with Crippen molar-refractivity contribution in [1.82, 2.24) is 0 Å². The minimum Gasteiger partial charge on any atom is -0.545 e. The van der Waals surface area contributed by atoms with Gasteiger partial charge < -0.3 is 33.3 Å². The van der Waals surface area contributed by atoms with Crippen molar-refractivity contribution in [2.24, 2.45) is 0 Å². The summed E-state index contributed by atoms with van der Waals surface area (Å²) in [5.41, 5.74) is 0. The molecule has 2 unspecified atom stereocenters. The molecule has 9 heteroatoms. The first-order valence-electron chi connectivity index (χ1n) is 21.0. The number of carboxylic acid groups (broad SMARTS) is 1. The summed E-state index contributed by atoms with van der Waals surface area (Å²) in [4.78, 5) is 36.8. The van der Waals surface area contributed by atoms with Crippen LogP contribution in [0.15, 0.2) is 24.3 Å². The van der Waals surface area contributed by atoms with Crippen LogP contribution >= 0.6 is 0 Å². The highest BCUT2D eigenvalue weighted by Crippen LogP contribution is 2.14. The first-order valence-corrected chi connectivity index (χ1v) is 21.0. The highest BCUT2D eigenvalue weighted by Gasteiger charge is 2.21. The van der Waals surface area contributed by atoms with Crippen LogP contribution in [-0.2, 0) is 33.3 Å². The number of hydrogen-bond acceptors (Lipinski definition) is 8. The van der Waals surface area contributed by atoms with E-state index >= 15 is 0 Å². The maximum absolute atomic E-state index is 12.7. The van der Waals surface area contributed by atoms with E-state index < -0.39 is 24.3 Å². The molecular formula is C43H79NO8. The molecule has 52 heavy (non-hydrogen) atoms. The molecule has 0 bridgehead atoms. The number of nitrogens with zero attached hydrogens (tertiary/aromatic N) is 1. The predicted octanol–water partition coefficient (Wildman–Crippen LogP) is 9.16. The molecule has 0 fully saturated rings. The molecular weight excluding hydrogens is 658 g/mol. The Morgan fingerprint density at radius 1 is 0.577 bits per heavy atom. The number of ether oxygens (including phenoxy) is 4. The van der Waals surface area contributed by atoms with Crippen molar-refractivity contribution in [2.75, 3.05) is 47.5 Å². The Hall–Kier alpha value is -2.23. The van der Waals surface area contributed by atoms with E-state index in [4.69, 9.17) is 18.9 Å². The highest BCUT2D eigenvalue weighted by atomic mass is 16.7. The summed E-state index contributed by atoms with van der Waals surface area (Å²) in [6.07, 6.45) is 33.5. The molecule has 0 rings (SSSR count). The van der Waals surface area contributed by atoms with Gasteiger partial charge in [-0.3, -0.25) is 9.59 Å². The second kappa shape index (κ2) is 35.8. The van der Waals surface area contributed by atoms with Crippen LogP contribution in [-0.4, -0.2) is 82.3 Å². The van der Waals surface area contributed by atoms with Crippen molar-refractivity contribution in [3.63, 3.8) is 0 Å². The Bertz CT molecular complexity index is 913. The van der Waals surface area contributed by atoms with E-state index in [1.54, 1.807) is 0 Å². The summed E-state index contributed by atoms with van der Waals surface area (Å²) in [5, 5.41) is 11.6. The number of allylic oxidation sites excluding steroid dienone is 4. The van der Waals surface area contributed by atoms with E-state index in [-0.39, 0.29) is 32.2 Å². The molecule has 0 spiro atoms. The fraction of sp³-hybridized carbons (Fsp3) is 0.837. The second-order valence-electron chi connectivity index (χ2n) is 15.3. The number of carbonyl (C=O) groups excluding carboxylic acids is 3. The summed E-state index contributed by atoms with van der Waals surface area (Å²) < 4.78 is 22.5. The fourth-order valence-electron chi connectivity index (χ4n) is 5.62. The zero-order valence-corrected chi connectivity index (χ0v) is 34.2. The number of likely N-dealkylation sites (N-methyl/N-ethyl adjacent to an activating group) is 1. The van der Waals surface area contributed by atoms with Gasteiger partial charge in [0.2, 0.25) is 0 Å². The molecule has 0 aromatic heterocycles. The van der Waals surface area contributed by atoms with Gasteiger partial charge in [-0.05, 0) is 44.9 Å². The lowest BCUT2D eigenvalue weighted by Gasteiger charge is -2.26. The van der Waals surface area contributed by atoms with Crippen LogP contribution in [0.1, 0.15) is 174 Å². The number of unbranched alkanes of at least 4 members (excludes halogenated alkanes) is 19. The van der Waals surface area contributed by atoms with Gasteiger partial charge in [0.15, 0.2) is 12.4 Å². The highest BCUT2D eigenvalue weighted by molar-refractivity contribution is 5.70. The summed E-state index contributed by atoms with van der Waals surface area (Å²) in [5.74, 6) is -2.29.